The zero-order valence-electron chi connectivity index (χ0n) is 10.8. The quantitative estimate of drug-likeness (QED) is 0.824. The summed E-state index contributed by atoms with van der Waals surface area (Å²) < 4.78 is 0. The molecule has 0 radical (unpaired) electrons. The Morgan fingerprint density at radius 3 is 2.50 bits per heavy atom. The first kappa shape index (κ1) is 13.0. The minimum absolute atomic E-state index is 0.195. The summed E-state index contributed by atoms with van der Waals surface area (Å²) in [6.45, 7) is 0.525. The van der Waals surface area contributed by atoms with Crippen LogP contribution in [0.1, 0.15) is 54.4 Å². The van der Waals surface area contributed by atoms with Gasteiger partial charge in [-0.2, -0.15) is 0 Å². The van der Waals surface area contributed by atoms with Crippen molar-refractivity contribution in [1.29, 1.82) is 0 Å². The van der Waals surface area contributed by atoms with Gasteiger partial charge in [-0.25, -0.2) is 0 Å². The highest BCUT2D eigenvalue weighted by Crippen LogP contribution is 2.20. The van der Waals surface area contributed by atoms with Gasteiger partial charge in [0.2, 0.25) is 0 Å². The predicted octanol–water partition coefficient (Wildman–Crippen LogP) is 3.61. The second kappa shape index (κ2) is 6.50. The zero-order valence-corrected chi connectivity index (χ0v) is 10.8. The Bertz CT molecular complexity index is 431. The van der Waals surface area contributed by atoms with Gasteiger partial charge in [-0.15, -0.1) is 0 Å². The third kappa shape index (κ3) is 3.30. The summed E-state index contributed by atoms with van der Waals surface area (Å²) in [6, 6.07) is 7.67. The molecule has 2 nitrogen and oxygen atoms in total. The topological polar surface area (TPSA) is 43.1 Å². The van der Waals surface area contributed by atoms with E-state index in [0.717, 1.165) is 36.0 Å². The molecule has 1 aliphatic rings. The summed E-state index contributed by atoms with van der Waals surface area (Å²) in [5.41, 5.74) is 8.41. The number of carbonyl (C=O) groups excluding carboxylic acids is 1. The van der Waals surface area contributed by atoms with Crippen LogP contribution in [0.15, 0.2) is 35.9 Å². The molecule has 2 rings (SSSR count). The van der Waals surface area contributed by atoms with E-state index in [1.165, 1.54) is 19.3 Å². The molecule has 0 aliphatic heterocycles. The highest BCUT2D eigenvalue weighted by Gasteiger charge is 2.12. The molecule has 2 N–H and O–H groups in total. The number of allylic oxidation sites excluding steroid dienone is 2. The van der Waals surface area contributed by atoms with Gasteiger partial charge >= 0.3 is 0 Å². The minimum Gasteiger partial charge on any atom is -0.326 e. The Hall–Kier alpha value is -1.41. The number of Topliss-reactive ketones (excluding diaryl/α,β-unsaturated/α-hetero) is 1. The average molecular weight is 243 g/mol. The number of hydrogen-bond donors (Lipinski definition) is 1. The number of hydrogen-bond acceptors (Lipinski definition) is 2. The minimum atomic E-state index is 0.195. The Labute approximate surface area is 109 Å². The highest BCUT2D eigenvalue weighted by molar-refractivity contribution is 6.08. The average Bonchev–Trinajstić information content (AvgIpc) is 2.38. The van der Waals surface area contributed by atoms with E-state index in [2.05, 4.69) is 6.08 Å². The van der Waals surface area contributed by atoms with Gasteiger partial charge in [-0.05, 0) is 36.8 Å². The number of nitrogens with two attached hydrogens (primary N) is 1. The van der Waals surface area contributed by atoms with Crippen LogP contribution in [-0.4, -0.2) is 5.78 Å². The van der Waals surface area contributed by atoms with Crippen molar-refractivity contribution in [2.75, 3.05) is 0 Å². The van der Waals surface area contributed by atoms with Gasteiger partial charge in [-0.3, -0.25) is 4.79 Å². The van der Waals surface area contributed by atoms with Crippen LogP contribution in [0, 0.1) is 0 Å². The molecule has 0 bridgehead atoms. The smallest absolute Gasteiger partial charge is 0.188 e. The van der Waals surface area contributed by atoms with Gasteiger partial charge in [0.05, 0.1) is 0 Å². The van der Waals surface area contributed by atoms with Gasteiger partial charge in [0.25, 0.3) is 0 Å². The molecule has 0 aromatic heterocycles. The lowest BCUT2D eigenvalue weighted by molar-refractivity contribution is 0.102. The maximum atomic E-state index is 12.4. The largest absolute Gasteiger partial charge is 0.326 e. The van der Waals surface area contributed by atoms with Gasteiger partial charge < -0.3 is 5.73 Å². The molecule has 0 saturated carbocycles. The van der Waals surface area contributed by atoms with Crippen LogP contribution in [0.3, 0.4) is 0 Å². The van der Waals surface area contributed by atoms with E-state index in [-0.39, 0.29) is 5.78 Å². The van der Waals surface area contributed by atoms with E-state index < -0.39 is 0 Å². The third-order valence-electron chi connectivity index (χ3n) is 3.53. The molecule has 0 fully saturated rings. The lowest BCUT2D eigenvalue weighted by atomic mass is 9.94. The summed E-state index contributed by atoms with van der Waals surface area (Å²) >= 11 is 0. The molecule has 96 valence electrons. The fraction of sp³-hybridized carbons (Fsp3) is 0.438. The maximum Gasteiger partial charge on any atom is 0.188 e. The maximum absolute atomic E-state index is 12.4. The van der Waals surface area contributed by atoms with Gasteiger partial charge in [0.15, 0.2) is 5.78 Å². The van der Waals surface area contributed by atoms with Crippen molar-refractivity contribution in [3.63, 3.8) is 0 Å². The van der Waals surface area contributed by atoms with Crippen molar-refractivity contribution in [2.45, 2.75) is 45.1 Å². The molecule has 2 heteroatoms. The van der Waals surface area contributed by atoms with Crippen LogP contribution < -0.4 is 5.73 Å². The Morgan fingerprint density at radius 2 is 1.78 bits per heavy atom. The summed E-state index contributed by atoms with van der Waals surface area (Å²) in [6.07, 6.45) is 9.00. The van der Waals surface area contributed by atoms with Crippen LogP contribution in [0.25, 0.3) is 0 Å². The second-order valence-electron chi connectivity index (χ2n) is 4.91. The molecule has 0 saturated heterocycles. The van der Waals surface area contributed by atoms with Crippen molar-refractivity contribution in [3.8, 4) is 0 Å². The lowest BCUT2D eigenvalue weighted by Crippen LogP contribution is -2.06. The van der Waals surface area contributed by atoms with E-state index in [4.69, 9.17) is 5.73 Å². The molecule has 0 spiro atoms. The van der Waals surface area contributed by atoms with Crippen LogP contribution in [-0.2, 0) is 6.54 Å². The Morgan fingerprint density at radius 1 is 1.06 bits per heavy atom. The van der Waals surface area contributed by atoms with Crippen LogP contribution in [0.4, 0.5) is 0 Å². The molecule has 0 unspecified atom stereocenters. The van der Waals surface area contributed by atoms with Crippen LogP contribution >= 0.6 is 0 Å². The van der Waals surface area contributed by atoms with E-state index >= 15 is 0 Å². The SMILES string of the molecule is NCc1ccc(C(=O)/C2=C/CCCCCC2)cc1. The molecule has 0 heterocycles. The molecular weight excluding hydrogens is 222 g/mol. The number of rotatable bonds is 3. The standard InChI is InChI=1S/C16H21NO/c17-12-13-8-10-15(11-9-13)16(18)14-6-4-2-1-3-5-7-14/h6,8-11H,1-5,7,12,17H2/b14-6+. The number of ketones is 1. The molecule has 0 atom stereocenters. The number of carbonyl (C=O) groups is 1. The molecule has 1 aliphatic carbocycles. The van der Waals surface area contributed by atoms with Crippen molar-refractivity contribution >= 4 is 5.78 Å². The molecular formula is C16H21NO. The molecule has 18 heavy (non-hydrogen) atoms. The Balaban J connectivity index is 2.13. The van der Waals surface area contributed by atoms with Gasteiger partial charge in [-0.1, -0.05) is 43.2 Å². The zero-order chi connectivity index (χ0) is 12.8. The van der Waals surface area contributed by atoms with Crippen molar-refractivity contribution in [2.24, 2.45) is 5.73 Å². The van der Waals surface area contributed by atoms with Gasteiger partial charge in [0.1, 0.15) is 0 Å². The first-order chi connectivity index (χ1) is 8.81. The predicted molar refractivity (Wildman–Crippen MR) is 74.4 cm³/mol. The van der Waals surface area contributed by atoms with E-state index in [1.807, 2.05) is 24.3 Å². The second-order valence-corrected chi connectivity index (χ2v) is 4.91. The van der Waals surface area contributed by atoms with Crippen molar-refractivity contribution in [3.05, 3.63) is 47.0 Å². The van der Waals surface area contributed by atoms with E-state index in [9.17, 15) is 4.79 Å². The summed E-state index contributed by atoms with van der Waals surface area (Å²) in [4.78, 5) is 12.4. The molecule has 0 amide bonds. The van der Waals surface area contributed by atoms with Crippen LogP contribution in [0.2, 0.25) is 0 Å². The molecule has 1 aromatic rings. The van der Waals surface area contributed by atoms with E-state index in [1.54, 1.807) is 0 Å². The molecule has 1 aromatic carbocycles. The van der Waals surface area contributed by atoms with Crippen molar-refractivity contribution < 1.29 is 4.79 Å². The number of benzene rings is 1. The lowest BCUT2D eigenvalue weighted by Gasteiger charge is -2.10. The summed E-state index contributed by atoms with van der Waals surface area (Å²) in [5, 5.41) is 0. The Kier molecular flexibility index (Phi) is 4.71. The normalized spacial score (nSPS) is 19.5. The first-order valence-electron chi connectivity index (χ1n) is 6.84. The first-order valence-corrected chi connectivity index (χ1v) is 6.84. The van der Waals surface area contributed by atoms with Gasteiger partial charge in [0, 0.05) is 12.1 Å². The fourth-order valence-electron chi connectivity index (χ4n) is 2.38. The summed E-state index contributed by atoms with van der Waals surface area (Å²) in [5.74, 6) is 0.195. The summed E-state index contributed by atoms with van der Waals surface area (Å²) in [7, 11) is 0. The van der Waals surface area contributed by atoms with Crippen LogP contribution in [0.5, 0.6) is 0 Å². The van der Waals surface area contributed by atoms with Crippen molar-refractivity contribution in [1.82, 2.24) is 0 Å². The highest BCUT2D eigenvalue weighted by atomic mass is 16.1. The third-order valence-corrected chi connectivity index (χ3v) is 3.53. The van der Waals surface area contributed by atoms with E-state index in [0.29, 0.717) is 6.54 Å². The fourth-order valence-corrected chi connectivity index (χ4v) is 2.38. The monoisotopic (exact) mass is 243 g/mol.